The largest absolute Gasteiger partial charge is 0.326 e. The average Bonchev–Trinajstić information content (AvgIpc) is 3.02. The summed E-state index contributed by atoms with van der Waals surface area (Å²) in [7, 11) is 0. The lowest BCUT2D eigenvalue weighted by Gasteiger charge is -2.22. The number of carbonyl (C=O) groups excluding carboxylic acids is 1. The number of rotatable bonds is 3. The number of amides is 1. The number of aromatic nitrogens is 4. The van der Waals surface area contributed by atoms with Gasteiger partial charge in [0.15, 0.2) is 0 Å². The average molecular weight is 286 g/mol. The lowest BCUT2D eigenvalue weighted by Crippen LogP contribution is -2.37. The number of carbonyl (C=O) groups is 1. The number of anilines is 1. The molecule has 1 aliphatic rings. The number of benzene rings is 1. The molecule has 1 fully saturated rings. The minimum absolute atomic E-state index is 0.0539. The summed E-state index contributed by atoms with van der Waals surface area (Å²) in [5.41, 5.74) is 2.71. The third-order valence-electron chi connectivity index (χ3n) is 3.73. The SMILES string of the molecule is Cc1cc(NC(=O)C2CCCNC2)ccc1-n1cnnn1. The third-order valence-corrected chi connectivity index (χ3v) is 3.73. The fourth-order valence-electron chi connectivity index (χ4n) is 2.58. The zero-order chi connectivity index (χ0) is 14.7. The molecule has 0 bridgehead atoms. The van der Waals surface area contributed by atoms with E-state index in [1.807, 2.05) is 25.1 Å². The first-order chi connectivity index (χ1) is 10.2. The van der Waals surface area contributed by atoms with E-state index in [0.29, 0.717) is 0 Å². The molecule has 1 aliphatic heterocycles. The van der Waals surface area contributed by atoms with Crippen molar-refractivity contribution in [3.05, 3.63) is 30.1 Å². The highest BCUT2D eigenvalue weighted by Gasteiger charge is 2.20. The Kier molecular flexibility index (Phi) is 3.92. The number of hydrogen-bond acceptors (Lipinski definition) is 5. The molecule has 0 aliphatic carbocycles. The highest BCUT2D eigenvalue weighted by Crippen LogP contribution is 2.19. The van der Waals surface area contributed by atoms with Crippen molar-refractivity contribution in [1.29, 1.82) is 0 Å². The van der Waals surface area contributed by atoms with Gasteiger partial charge in [-0.15, -0.1) is 5.10 Å². The van der Waals surface area contributed by atoms with Crippen LogP contribution in [0.1, 0.15) is 18.4 Å². The maximum atomic E-state index is 12.2. The van der Waals surface area contributed by atoms with Crippen LogP contribution < -0.4 is 10.6 Å². The molecular weight excluding hydrogens is 268 g/mol. The molecule has 2 heterocycles. The molecule has 2 aromatic rings. The second-order valence-corrected chi connectivity index (χ2v) is 5.29. The maximum Gasteiger partial charge on any atom is 0.228 e. The van der Waals surface area contributed by atoms with E-state index in [-0.39, 0.29) is 11.8 Å². The van der Waals surface area contributed by atoms with E-state index in [0.717, 1.165) is 42.9 Å². The van der Waals surface area contributed by atoms with Crippen molar-refractivity contribution in [1.82, 2.24) is 25.5 Å². The Morgan fingerprint density at radius 1 is 1.48 bits per heavy atom. The van der Waals surface area contributed by atoms with E-state index in [1.165, 1.54) is 0 Å². The molecule has 1 unspecified atom stereocenters. The molecular formula is C14H18N6O. The maximum absolute atomic E-state index is 12.2. The number of hydrogen-bond donors (Lipinski definition) is 2. The Bertz CT molecular complexity index is 618. The van der Waals surface area contributed by atoms with Crippen LogP contribution in [0.3, 0.4) is 0 Å². The molecule has 1 atom stereocenters. The first-order valence-corrected chi connectivity index (χ1v) is 7.09. The predicted molar refractivity (Wildman–Crippen MR) is 78.1 cm³/mol. The van der Waals surface area contributed by atoms with Crippen LogP contribution in [0.25, 0.3) is 5.69 Å². The van der Waals surface area contributed by atoms with Crippen LogP contribution in [-0.2, 0) is 4.79 Å². The number of aryl methyl sites for hydroxylation is 1. The van der Waals surface area contributed by atoms with Crippen LogP contribution in [0.5, 0.6) is 0 Å². The van der Waals surface area contributed by atoms with Gasteiger partial charge in [-0.3, -0.25) is 4.79 Å². The van der Waals surface area contributed by atoms with Gasteiger partial charge < -0.3 is 10.6 Å². The van der Waals surface area contributed by atoms with Crippen molar-refractivity contribution in [2.75, 3.05) is 18.4 Å². The number of piperidine rings is 1. The van der Waals surface area contributed by atoms with Gasteiger partial charge in [0.05, 0.1) is 11.6 Å². The highest BCUT2D eigenvalue weighted by atomic mass is 16.1. The van der Waals surface area contributed by atoms with Crippen LogP contribution in [0.15, 0.2) is 24.5 Å². The number of tetrazole rings is 1. The van der Waals surface area contributed by atoms with Crippen molar-refractivity contribution >= 4 is 11.6 Å². The summed E-state index contributed by atoms with van der Waals surface area (Å²) in [6.07, 6.45) is 3.55. The molecule has 0 saturated carbocycles. The first-order valence-electron chi connectivity index (χ1n) is 7.09. The molecule has 7 nitrogen and oxygen atoms in total. The van der Waals surface area contributed by atoms with Crippen molar-refractivity contribution in [3.63, 3.8) is 0 Å². The topological polar surface area (TPSA) is 84.7 Å². The summed E-state index contributed by atoms with van der Waals surface area (Å²) in [6.45, 7) is 3.73. The molecule has 0 spiro atoms. The zero-order valence-electron chi connectivity index (χ0n) is 11.9. The second-order valence-electron chi connectivity index (χ2n) is 5.29. The molecule has 1 aromatic carbocycles. The van der Waals surface area contributed by atoms with Gasteiger partial charge in [-0.2, -0.15) is 0 Å². The van der Waals surface area contributed by atoms with Crippen LogP contribution in [0.4, 0.5) is 5.69 Å². The lowest BCUT2D eigenvalue weighted by molar-refractivity contribution is -0.120. The van der Waals surface area contributed by atoms with E-state index in [9.17, 15) is 4.79 Å². The summed E-state index contributed by atoms with van der Waals surface area (Å²) < 4.78 is 1.60. The minimum atomic E-state index is 0.0539. The molecule has 7 heteroatoms. The van der Waals surface area contributed by atoms with Gasteiger partial charge >= 0.3 is 0 Å². The molecule has 110 valence electrons. The summed E-state index contributed by atoms with van der Waals surface area (Å²) in [5.74, 6) is 0.134. The van der Waals surface area contributed by atoms with Crippen molar-refractivity contribution in [3.8, 4) is 5.69 Å². The van der Waals surface area contributed by atoms with Crippen LogP contribution in [-0.4, -0.2) is 39.2 Å². The molecule has 0 radical (unpaired) electrons. The molecule has 21 heavy (non-hydrogen) atoms. The monoisotopic (exact) mass is 286 g/mol. The molecule has 1 saturated heterocycles. The number of nitrogens with zero attached hydrogens (tertiary/aromatic N) is 4. The Hall–Kier alpha value is -2.28. The normalized spacial score (nSPS) is 18.4. The standard InChI is InChI=1S/C14H18N6O/c1-10-7-12(4-5-13(10)20-9-16-18-19-20)17-14(21)11-3-2-6-15-8-11/h4-5,7,9,11,15H,2-3,6,8H2,1H3,(H,17,21). The Morgan fingerprint density at radius 2 is 2.38 bits per heavy atom. The van der Waals surface area contributed by atoms with E-state index in [1.54, 1.807) is 11.0 Å². The Morgan fingerprint density at radius 3 is 3.05 bits per heavy atom. The highest BCUT2D eigenvalue weighted by molar-refractivity contribution is 5.93. The third kappa shape index (κ3) is 3.08. The summed E-state index contributed by atoms with van der Waals surface area (Å²) in [4.78, 5) is 12.2. The van der Waals surface area contributed by atoms with E-state index < -0.39 is 0 Å². The quantitative estimate of drug-likeness (QED) is 0.876. The fraction of sp³-hybridized carbons (Fsp3) is 0.429. The smallest absolute Gasteiger partial charge is 0.228 e. The van der Waals surface area contributed by atoms with Gasteiger partial charge in [0.25, 0.3) is 0 Å². The van der Waals surface area contributed by atoms with Gasteiger partial charge in [-0.05, 0) is 60.5 Å². The predicted octanol–water partition coefficient (Wildman–Crippen LogP) is 0.909. The van der Waals surface area contributed by atoms with E-state index >= 15 is 0 Å². The summed E-state index contributed by atoms with van der Waals surface area (Å²) in [6, 6.07) is 5.71. The molecule has 1 aromatic heterocycles. The second kappa shape index (κ2) is 6.01. The minimum Gasteiger partial charge on any atom is -0.326 e. The van der Waals surface area contributed by atoms with Crippen LogP contribution >= 0.6 is 0 Å². The van der Waals surface area contributed by atoms with Gasteiger partial charge in [0.2, 0.25) is 5.91 Å². The first kappa shape index (κ1) is 13.7. The Balaban J connectivity index is 1.72. The van der Waals surface area contributed by atoms with Crippen molar-refractivity contribution in [2.45, 2.75) is 19.8 Å². The van der Waals surface area contributed by atoms with Crippen molar-refractivity contribution in [2.24, 2.45) is 5.92 Å². The fourth-order valence-corrected chi connectivity index (χ4v) is 2.58. The molecule has 2 N–H and O–H groups in total. The van der Waals surface area contributed by atoms with E-state index in [4.69, 9.17) is 0 Å². The zero-order valence-corrected chi connectivity index (χ0v) is 11.9. The van der Waals surface area contributed by atoms with Gasteiger partial charge in [0.1, 0.15) is 6.33 Å². The summed E-state index contributed by atoms with van der Waals surface area (Å²) in [5, 5.41) is 17.4. The van der Waals surface area contributed by atoms with E-state index in [2.05, 4.69) is 26.2 Å². The molecule has 3 rings (SSSR count). The Labute approximate surface area is 122 Å². The lowest BCUT2D eigenvalue weighted by atomic mass is 9.98. The van der Waals surface area contributed by atoms with Crippen molar-refractivity contribution < 1.29 is 4.79 Å². The summed E-state index contributed by atoms with van der Waals surface area (Å²) >= 11 is 0. The molecule has 1 amide bonds. The van der Waals surface area contributed by atoms with Gasteiger partial charge in [-0.1, -0.05) is 0 Å². The van der Waals surface area contributed by atoms with Crippen LogP contribution in [0.2, 0.25) is 0 Å². The van der Waals surface area contributed by atoms with Crippen LogP contribution in [0, 0.1) is 12.8 Å². The van der Waals surface area contributed by atoms with Gasteiger partial charge in [0, 0.05) is 12.2 Å². The number of nitrogens with one attached hydrogen (secondary N) is 2. The van der Waals surface area contributed by atoms with Gasteiger partial charge in [-0.25, -0.2) is 4.68 Å².